The molecule has 1 aromatic carbocycles. The van der Waals surface area contributed by atoms with Crippen LogP contribution in [0.15, 0.2) is 33.9 Å². The zero-order valence-electron chi connectivity index (χ0n) is 16.8. The number of halogens is 1. The second-order valence-corrected chi connectivity index (χ2v) is 8.46. The molecular formula is C20H23ClN6O2S. The normalized spacial score (nSPS) is 14.9. The van der Waals surface area contributed by atoms with Gasteiger partial charge in [-0.15, -0.1) is 10.2 Å². The molecule has 0 bridgehead atoms. The average Bonchev–Trinajstić information content (AvgIpc) is 3.32. The molecule has 1 fully saturated rings. The summed E-state index contributed by atoms with van der Waals surface area (Å²) in [7, 11) is 0. The Hall–Kier alpha value is -2.39. The van der Waals surface area contributed by atoms with E-state index in [-0.39, 0.29) is 5.91 Å². The van der Waals surface area contributed by atoms with Crippen LogP contribution in [-0.2, 0) is 23.6 Å². The molecule has 1 saturated heterocycles. The Bertz CT molecular complexity index is 1020. The van der Waals surface area contributed by atoms with Gasteiger partial charge in [0.1, 0.15) is 0 Å². The van der Waals surface area contributed by atoms with Crippen molar-refractivity contribution in [3.8, 4) is 11.4 Å². The number of benzene rings is 1. The predicted octanol–water partition coefficient (Wildman–Crippen LogP) is 4.20. The summed E-state index contributed by atoms with van der Waals surface area (Å²) in [6.45, 7) is 4.06. The van der Waals surface area contributed by atoms with E-state index >= 15 is 0 Å². The third-order valence-corrected chi connectivity index (χ3v) is 6.18. The molecule has 0 radical (unpaired) electrons. The first kappa shape index (κ1) is 20.9. The molecule has 0 spiro atoms. The topological polar surface area (TPSA) is 89.9 Å². The molecule has 4 rings (SSSR count). The lowest BCUT2D eigenvalue weighted by molar-refractivity contribution is -0.131. The number of aromatic nitrogens is 5. The standard InChI is InChI=1S/C20H23ClN6O2S/c1-2-27-16(12-26-10-5-3-4-9-18(26)28)23-24-20(27)30-13-17-22-19(25-29-17)14-7-6-8-15(21)11-14/h6-8,11H,2-5,9-10,12-13H2,1H3. The van der Waals surface area contributed by atoms with Gasteiger partial charge >= 0.3 is 0 Å². The third-order valence-electron chi connectivity index (χ3n) is 4.99. The van der Waals surface area contributed by atoms with Crippen molar-refractivity contribution in [2.45, 2.75) is 56.6 Å². The van der Waals surface area contributed by atoms with Gasteiger partial charge in [0.15, 0.2) is 11.0 Å². The van der Waals surface area contributed by atoms with E-state index in [0.717, 1.165) is 48.9 Å². The Balaban J connectivity index is 1.42. The zero-order chi connectivity index (χ0) is 20.9. The number of hydrogen-bond donors (Lipinski definition) is 0. The fourth-order valence-corrected chi connectivity index (χ4v) is 4.47. The molecule has 0 atom stereocenters. The number of thioether (sulfide) groups is 1. The second kappa shape index (κ2) is 9.61. The smallest absolute Gasteiger partial charge is 0.237 e. The van der Waals surface area contributed by atoms with Crippen LogP contribution in [0, 0.1) is 0 Å². The van der Waals surface area contributed by atoms with Gasteiger partial charge < -0.3 is 14.0 Å². The van der Waals surface area contributed by atoms with Crippen LogP contribution in [0.3, 0.4) is 0 Å². The van der Waals surface area contributed by atoms with Gasteiger partial charge in [-0.1, -0.05) is 47.1 Å². The Labute approximate surface area is 184 Å². The molecule has 1 aliphatic rings. The average molecular weight is 447 g/mol. The lowest BCUT2D eigenvalue weighted by atomic mass is 10.2. The van der Waals surface area contributed by atoms with Crippen molar-refractivity contribution in [2.75, 3.05) is 6.54 Å². The van der Waals surface area contributed by atoms with Gasteiger partial charge in [-0.3, -0.25) is 4.79 Å². The van der Waals surface area contributed by atoms with Gasteiger partial charge in [-0.05, 0) is 31.9 Å². The quantitative estimate of drug-likeness (QED) is 0.502. The van der Waals surface area contributed by atoms with Crippen molar-refractivity contribution in [1.82, 2.24) is 29.8 Å². The van der Waals surface area contributed by atoms with Crippen molar-refractivity contribution >= 4 is 29.3 Å². The predicted molar refractivity (Wildman–Crippen MR) is 114 cm³/mol. The molecule has 158 valence electrons. The number of carbonyl (C=O) groups is 1. The van der Waals surface area contributed by atoms with Crippen LogP contribution < -0.4 is 0 Å². The minimum atomic E-state index is 0.201. The van der Waals surface area contributed by atoms with Crippen LogP contribution in [0.1, 0.15) is 44.3 Å². The van der Waals surface area contributed by atoms with Crippen molar-refractivity contribution in [3.05, 3.63) is 41.0 Å². The maximum atomic E-state index is 12.3. The summed E-state index contributed by atoms with van der Waals surface area (Å²) >= 11 is 7.52. The largest absolute Gasteiger partial charge is 0.338 e. The highest BCUT2D eigenvalue weighted by Gasteiger charge is 2.21. The fourth-order valence-electron chi connectivity index (χ4n) is 3.42. The Morgan fingerprint density at radius 2 is 2.13 bits per heavy atom. The molecule has 8 nitrogen and oxygen atoms in total. The monoisotopic (exact) mass is 446 g/mol. The van der Waals surface area contributed by atoms with E-state index in [4.69, 9.17) is 16.1 Å². The summed E-state index contributed by atoms with van der Waals surface area (Å²) in [4.78, 5) is 18.6. The molecule has 30 heavy (non-hydrogen) atoms. The molecule has 10 heteroatoms. The molecule has 0 N–H and O–H groups in total. The molecular weight excluding hydrogens is 424 g/mol. The van der Waals surface area contributed by atoms with Gasteiger partial charge in [0.2, 0.25) is 17.6 Å². The van der Waals surface area contributed by atoms with Crippen LogP contribution in [0.2, 0.25) is 5.02 Å². The minimum absolute atomic E-state index is 0.201. The Morgan fingerprint density at radius 1 is 1.23 bits per heavy atom. The van der Waals surface area contributed by atoms with E-state index in [9.17, 15) is 4.79 Å². The van der Waals surface area contributed by atoms with Gasteiger partial charge in [-0.25, -0.2) is 0 Å². The molecule has 0 aliphatic carbocycles. The highest BCUT2D eigenvalue weighted by atomic mass is 35.5. The Kier molecular flexibility index (Phi) is 6.69. The van der Waals surface area contributed by atoms with Crippen molar-refractivity contribution in [2.24, 2.45) is 0 Å². The maximum absolute atomic E-state index is 12.3. The fraction of sp³-hybridized carbons (Fsp3) is 0.450. The number of nitrogens with zero attached hydrogens (tertiary/aromatic N) is 6. The Morgan fingerprint density at radius 3 is 2.97 bits per heavy atom. The maximum Gasteiger partial charge on any atom is 0.237 e. The number of amides is 1. The SMILES string of the molecule is CCn1c(CN2CCCCCC2=O)nnc1SCc1nc(-c2cccc(Cl)c2)no1. The molecule has 1 amide bonds. The van der Waals surface area contributed by atoms with Gasteiger partial charge in [0.25, 0.3) is 0 Å². The summed E-state index contributed by atoms with van der Waals surface area (Å²) in [6.07, 6.45) is 3.73. The van der Waals surface area contributed by atoms with Crippen LogP contribution in [0.25, 0.3) is 11.4 Å². The van der Waals surface area contributed by atoms with E-state index in [1.165, 1.54) is 11.8 Å². The first-order valence-corrected chi connectivity index (χ1v) is 11.4. The summed E-state index contributed by atoms with van der Waals surface area (Å²) in [5.41, 5.74) is 0.809. The highest BCUT2D eigenvalue weighted by Crippen LogP contribution is 2.25. The lowest BCUT2D eigenvalue weighted by Crippen LogP contribution is -2.31. The zero-order valence-corrected chi connectivity index (χ0v) is 18.3. The van der Waals surface area contributed by atoms with E-state index in [1.54, 1.807) is 12.1 Å². The van der Waals surface area contributed by atoms with E-state index in [0.29, 0.717) is 35.5 Å². The molecule has 0 unspecified atom stereocenters. The van der Waals surface area contributed by atoms with Gasteiger partial charge in [0, 0.05) is 30.1 Å². The van der Waals surface area contributed by atoms with Crippen LogP contribution >= 0.6 is 23.4 Å². The molecule has 2 aromatic heterocycles. The summed E-state index contributed by atoms with van der Waals surface area (Å²) in [5, 5.41) is 14.1. The van der Waals surface area contributed by atoms with E-state index < -0.39 is 0 Å². The summed E-state index contributed by atoms with van der Waals surface area (Å²) in [5.74, 6) is 2.50. The van der Waals surface area contributed by atoms with Gasteiger partial charge in [-0.2, -0.15) is 4.98 Å². The molecule has 0 saturated carbocycles. The third kappa shape index (κ3) is 4.84. The first-order chi connectivity index (χ1) is 14.6. The van der Waals surface area contributed by atoms with Crippen LogP contribution in [0.5, 0.6) is 0 Å². The van der Waals surface area contributed by atoms with Crippen molar-refractivity contribution in [1.29, 1.82) is 0 Å². The van der Waals surface area contributed by atoms with Crippen LogP contribution in [-0.4, -0.2) is 42.3 Å². The minimum Gasteiger partial charge on any atom is -0.338 e. The van der Waals surface area contributed by atoms with Crippen molar-refractivity contribution in [3.63, 3.8) is 0 Å². The molecule has 3 aromatic rings. The second-order valence-electron chi connectivity index (χ2n) is 7.08. The number of hydrogen-bond acceptors (Lipinski definition) is 7. The summed E-state index contributed by atoms with van der Waals surface area (Å²) < 4.78 is 7.41. The highest BCUT2D eigenvalue weighted by molar-refractivity contribution is 7.98. The van der Waals surface area contributed by atoms with Crippen molar-refractivity contribution < 1.29 is 9.32 Å². The van der Waals surface area contributed by atoms with E-state index in [2.05, 4.69) is 20.3 Å². The molecule has 3 heterocycles. The number of carbonyl (C=O) groups excluding carboxylic acids is 1. The number of likely N-dealkylation sites (tertiary alicyclic amines) is 1. The first-order valence-electron chi connectivity index (χ1n) is 10.0. The summed E-state index contributed by atoms with van der Waals surface area (Å²) in [6, 6.07) is 7.34. The van der Waals surface area contributed by atoms with E-state index in [1.807, 2.05) is 28.5 Å². The molecule has 1 aliphatic heterocycles. The van der Waals surface area contributed by atoms with Crippen LogP contribution in [0.4, 0.5) is 0 Å². The van der Waals surface area contributed by atoms with Gasteiger partial charge in [0.05, 0.1) is 12.3 Å². The number of rotatable bonds is 7. The lowest BCUT2D eigenvalue weighted by Gasteiger charge is -2.20.